The molecule has 1 aliphatic rings. The molecule has 0 aliphatic carbocycles. The van der Waals surface area contributed by atoms with Crippen molar-refractivity contribution < 1.29 is 18.8 Å². The lowest BCUT2D eigenvalue weighted by atomic mass is 10.1. The smallest absolute Gasteiger partial charge is 0.255 e. The Morgan fingerprint density at radius 1 is 1.31 bits per heavy atom. The third-order valence-electron chi connectivity index (χ3n) is 5.06. The number of nitrogen functional groups attached to an aromatic ring is 1. The third-order valence-corrected chi connectivity index (χ3v) is 5.06. The normalized spacial score (nSPS) is 13.7. The lowest BCUT2D eigenvalue weighted by Gasteiger charge is -2.25. The molecule has 2 amide bonds. The van der Waals surface area contributed by atoms with Crippen molar-refractivity contribution in [2.45, 2.75) is 32.0 Å². The molecule has 1 heterocycles. The molecule has 2 aromatic rings. The average Bonchev–Trinajstić information content (AvgIpc) is 3.06. The van der Waals surface area contributed by atoms with Crippen LogP contribution in [0.25, 0.3) is 0 Å². The maximum absolute atomic E-state index is 14.2. The molecule has 3 rings (SSSR count). The highest BCUT2D eigenvalue weighted by Gasteiger charge is 2.36. The van der Waals surface area contributed by atoms with E-state index in [4.69, 9.17) is 5.73 Å². The van der Waals surface area contributed by atoms with Crippen molar-refractivity contribution >= 4 is 29.5 Å². The number of likely N-dealkylation sites (N-methyl/N-ethyl adjacent to an activating group) is 1. The van der Waals surface area contributed by atoms with E-state index in [9.17, 15) is 18.8 Å². The minimum absolute atomic E-state index is 0.0764. The number of carbonyl (C=O) groups excluding carboxylic acids is 3. The summed E-state index contributed by atoms with van der Waals surface area (Å²) in [5, 5.41) is 5.72. The lowest BCUT2D eigenvalue weighted by molar-refractivity contribution is -0.125. The molecular formula is C21H23FN4O3. The van der Waals surface area contributed by atoms with Gasteiger partial charge >= 0.3 is 0 Å². The Balaban J connectivity index is 1.83. The number of carbonyl (C=O) groups is 3. The number of hydrogen-bond donors (Lipinski definition) is 3. The van der Waals surface area contributed by atoms with Crippen molar-refractivity contribution in [1.29, 1.82) is 0 Å². The number of nitrogens with two attached hydrogens (primary N) is 1. The van der Waals surface area contributed by atoms with Gasteiger partial charge in [0.05, 0.1) is 5.69 Å². The van der Waals surface area contributed by atoms with E-state index in [-0.39, 0.29) is 43.4 Å². The number of anilines is 2. The van der Waals surface area contributed by atoms with Crippen LogP contribution in [0.15, 0.2) is 36.4 Å². The maximum Gasteiger partial charge on any atom is 0.255 e. The fourth-order valence-electron chi connectivity index (χ4n) is 3.52. The number of benzene rings is 2. The number of nitrogens with zero attached hydrogens (tertiary/aromatic N) is 1. The summed E-state index contributed by atoms with van der Waals surface area (Å²) in [5.41, 5.74) is 8.02. The van der Waals surface area contributed by atoms with Crippen LogP contribution in [0.1, 0.15) is 34.3 Å². The van der Waals surface area contributed by atoms with Crippen LogP contribution >= 0.6 is 0 Å². The fraction of sp³-hybridized carbons (Fsp3) is 0.286. The van der Waals surface area contributed by atoms with E-state index in [0.29, 0.717) is 16.8 Å². The Kier molecular flexibility index (Phi) is 6.11. The molecule has 0 saturated heterocycles. The Morgan fingerprint density at radius 3 is 2.79 bits per heavy atom. The summed E-state index contributed by atoms with van der Waals surface area (Å²) < 4.78 is 14.2. The van der Waals surface area contributed by atoms with E-state index in [2.05, 4.69) is 10.6 Å². The molecule has 1 aliphatic heterocycles. The van der Waals surface area contributed by atoms with E-state index >= 15 is 0 Å². The molecule has 2 aromatic carbocycles. The molecule has 0 aromatic heterocycles. The fourth-order valence-corrected chi connectivity index (χ4v) is 3.52. The SMILES string of the molecule is CNC(=O)C(CCC=O)N1Cc2c(NCc3cccc(N)c3F)cccc2C1=O. The molecule has 1 unspecified atom stereocenters. The monoisotopic (exact) mass is 398 g/mol. The number of nitrogens with one attached hydrogen (secondary N) is 2. The summed E-state index contributed by atoms with van der Waals surface area (Å²) in [6.07, 6.45) is 1.16. The minimum Gasteiger partial charge on any atom is -0.396 e. The standard InChI is InChI=1S/C21H23FN4O3/c1-24-20(28)18(9-4-10-27)26-12-15-14(21(26)29)6-3-8-17(15)25-11-13-5-2-7-16(23)19(13)22/h2-3,5-8,10,18,25H,4,9,11-12,23H2,1H3,(H,24,28). The van der Waals surface area contributed by atoms with E-state index in [0.717, 1.165) is 11.8 Å². The van der Waals surface area contributed by atoms with Crippen LogP contribution < -0.4 is 16.4 Å². The van der Waals surface area contributed by atoms with Crippen LogP contribution in [0.2, 0.25) is 0 Å². The van der Waals surface area contributed by atoms with Crippen LogP contribution in [0.3, 0.4) is 0 Å². The predicted octanol–water partition coefficient (Wildman–Crippen LogP) is 2.07. The summed E-state index contributed by atoms with van der Waals surface area (Å²) >= 11 is 0. The second kappa shape index (κ2) is 8.72. The molecule has 0 radical (unpaired) electrons. The summed E-state index contributed by atoms with van der Waals surface area (Å²) in [6, 6.07) is 9.32. The van der Waals surface area contributed by atoms with Gasteiger partial charge in [-0.05, 0) is 24.6 Å². The van der Waals surface area contributed by atoms with Gasteiger partial charge in [0.1, 0.15) is 12.3 Å². The summed E-state index contributed by atoms with van der Waals surface area (Å²) in [7, 11) is 1.50. The highest BCUT2D eigenvalue weighted by atomic mass is 19.1. The van der Waals surface area contributed by atoms with Crippen molar-refractivity contribution in [1.82, 2.24) is 10.2 Å². The van der Waals surface area contributed by atoms with Gasteiger partial charge in [-0.1, -0.05) is 18.2 Å². The molecule has 7 nitrogen and oxygen atoms in total. The largest absolute Gasteiger partial charge is 0.396 e. The number of fused-ring (bicyclic) bond motifs is 1. The van der Waals surface area contributed by atoms with Crippen LogP contribution in [0.4, 0.5) is 15.8 Å². The zero-order valence-electron chi connectivity index (χ0n) is 16.1. The van der Waals surface area contributed by atoms with Gasteiger partial charge in [0.25, 0.3) is 5.91 Å². The van der Waals surface area contributed by atoms with Gasteiger partial charge in [0, 0.05) is 48.9 Å². The number of aldehydes is 1. The number of hydrogen-bond acceptors (Lipinski definition) is 5. The Morgan fingerprint density at radius 2 is 2.07 bits per heavy atom. The highest BCUT2D eigenvalue weighted by molar-refractivity contribution is 6.02. The van der Waals surface area contributed by atoms with Gasteiger partial charge in [-0.25, -0.2) is 4.39 Å². The Bertz CT molecular complexity index is 948. The number of halogens is 1. The van der Waals surface area contributed by atoms with Crippen molar-refractivity contribution in [2.24, 2.45) is 0 Å². The minimum atomic E-state index is -0.732. The van der Waals surface area contributed by atoms with Crippen molar-refractivity contribution in [3.63, 3.8) is 0 Å². The van der Waals surface area contributed by atoms with E-state index in [1.807, 2.05) is 0 Å². The first-order valence-electron chi connectivity index (χ1n) is 9.32. The highest BCUT2D eigenvalue weighted by Crippen LogP contribution is 2.32. The molecule has 8 heteroatoms. The van der Waals surface area contributed by atoms with Gasteiger partial charge in [0.15, 0.2) is 5.82 Å². The topological polar surface area (TPSA) is 105 Å². The van der Waals surface area contributed by atoms with Crippen molar-refractivity contribution in [2.75, 3.05) is 18.1 Å². The maximum atomic E-state index is 14.2. The summed E-state index contributed by atoms with van der Waals surface area (Å²) in [4.78, 5) is 37.4. The van der Waals surface area contributed by atoms with Crippen LogP contribution in [0.5, 0.6) is 0 Å². The van der Waals surface area contributed by atoms with Crippen molar-refractivity contribution in [3.8, 4) is 0 Å². The number of rotatable bonds is 8. The molecule has 0 fully saturated rings. The quantitative estimate of drug-likeness (QED) is 0.466. The molecule has 0 bridgehead atoms. The van der Waals surface area contributed by atoms with E-state index in [1.165, 1.54) is 18.0 Å². The van der Waals surface area contributed by atoms with Crippen molar-refractivity contribution in [3.05, 3.63) is 58.9 Å². The summed E-state index contributed by atoms with van der Waals surface area (Å²) in [6.45, 7) is 0.430. The van der Waals surface area contributed by atoms with Crippen LogP contribution in [0, 0.1) is 5.82 Å². The lowest BCUT2D eigenvalue weighted by Crippen LogP contribution is -2.46. The first kappa shape index (κ1) is 20.3. The molecule has 0 saturated carbocycles. The average molecular weight is 398 g/mol. The van der Waals surface area contributed by atoms with Gasteiger partial charge < -0.3 is 26.1 Å². The van der Waals surface area contributed by atoms with Gasteiger partial charge in [0.2, 0.25) is 5.91 Å². The Hall–Kier alpha value is -3.42. The van der Waals surface area contributed by atoms with E-state index < -0.39 is 11.9 Å². The molecular weight excluding hydrogens is 375 g/mol. The second-order valence-corrected chi connectivity index (χ2v) is 6.81. The molecule has 4 N–H and O–H groups in total. The zero-order valence-corrected chi connectivity index (χ0v) is 16.1. The second-order valence-electron chi connectivity index (χ2n) is 6.81. The molecule has 152 valence electrons. The predicted molar refractivity (Wildman–Crippen MR) is 108 cm³/mol. The van der Waals surface area contributed by atoms with Gasteiger partial charge in [-0.2, -0.15) is 0 Å². The zero-order chi connectivity index (χ0) is 21.0. The van der Waals surface area contributed by atoms with Gasteiger partial charge in [-0.3, -0.25) is 9.59 Å². The molecule has 1 atom stereocenters. The molecule has 29 heavy (non-hydrogen) atoms. The number of amides is 2. The van der Waals surface area contributed by atoms with Crippen LogP contribution in [-0.2, 0) is 22.7 Å². The summed E-state index contributed by atoms with van der Waals surface area (Å²) in [5.74, 6) is -1.05. The van der Waals surface area contributed by atoms with E-state index in [1.54, 1.807) is 30.3 Å². The first-order valence-corrected chi connectivity index (χ1v) is 9.32. The Labute approximate surface area is 168 Å². The molecule has 0 spiro atoms. The third kappa shape index (κ3) is 4.06. The van der Waals surface area contributed by atoms with Gasteiger partial charge in [-0.15, -0.1) is 0 Å². The first-order chi connectivity index (χ1) is 14.0. The van der Waals surface area contributed by atoms with Crippen LogP contribution in [-0.4, -0.2) is 36.1 Å².